The second kappa shape index (κ2) is 8.88. The van der Waals surface area contributed by atoms with Crippen LogP contribution in [0.5, 0.6) is 0 Å². The Morgan fingerprint density at radius 2 is 2.17 bits per heavy atom. The molecular formula is C21H24N8O. The van der Waals surface area contributed by atoms with Gasteiger partial charge in [0.25, 0.3) is 0 Å². The fourth-order valence-electron chi connectivity index (χ4n) is 3.53. The number of fused-ring (bicyclic) bond motifs is 1. The Hall–Kier alpha value is -3.51. The number of nitrogens with zero attached hydrogens (tertiary/aromatic N) is 7. The maximum atomic E-state index is 9.16. The number of ether oxygens (including phenoxy) is 1. The lowest BCUT2D eigenvalue weighted by atomic mass is 10.1. The average Bonchev–Trinajstić information content (AvgIpc) is 3.41. The van der Waals surface area contributed by atoms with Gasteiger partial charge in [-0.25, -0.2) is 19.5 Å². The zero-order valence-corrected chi connectivity index (χ0v) is 17.1. The van der Waals surface area contributed by atoms with Gasteiger partial charge in [-0.2, -0.15) is 5.26 Å². The van der Waals surface area contributed by atoms with Crippen LogP contribution in [0.2, 0.25) is 0 Å². The van der Waals surface area contributed by atoms with E-state index < -0.39 is 0 Å². The second-order valence-corrected chi connectivity index (χ2v) is 6.97. The second-order valence-electron chi connectivity index (χ2n) is 6.97. The topological polar surface area (TPSA) is 104 Å². The minimum absolute atomic E-state index is 0.155. The Morgan fingerprint density at radius 1 is 1.27 bits per heavy atom. The van der Waals surface area contributed by atoms with Gasteiger partial charge in [0.2, 0.25) is 0 Å². The monoisotopic (exact) mass is 404 g/mol. The standard InChI is InChI=1S/C21H24N8O/c1-3-6-16-18(24-14-29-20(16)26-19(27-29)13-30-4-2)12-28-10-9-23-21(28)17-8-5-7-15(11-22)25-17/h5,7-10,14,21,23H,3-4,6,12-13H2,1-2H3. The van der Waals surface area contributed by atoms with Gasteiger partial charge in [-0.15, -0.1) is 5.10 Å². The predicted octanol–water partition coefficient (Wildman–Crippen LogP) is 2.46. The fourth-order valence-corrected chi connectivity index (χ4v) is 3.53. The molecule has 1 aliphatic rings. The van der Waals surface area contributed by atoms with Crippen LogP contribution in [-0.2, 0) is 24.3 Å². The molecule has 4 rings (SSSR count). The Bertz CT molecular complexity index is 1100. The van der Waals surface area contributed by atoms with Crippen molar-refractivity contribution in [2.45, 2.75) is 46.0 Å². The number of aromatic nitrogens is 5. The first-order chi connectivity index (χ1) is 14.7. The number of pyridine rings is 1. The lowest BCUT2D eigenvalue weighted by molar-refractivity contribution is 0.128. The number of nitriles is 1. The molecule has 1 aliphatic heterocycles. The lowest BCUT2D eigenvalue weighted by Gasteiger charge is -2.25. The highest BCUT2D eigenvalue weighted by molar-refractivity contribution is 5.49. The van der Waals surface area contributed by atoms with E-state index in [0.29, 0.717) is 31.3 Å². The number of rotatable bonds is 8. The first-order valence-electron chi connectivity index (χ1n) is 10.1. The molecule has 4 heterocycles. The normalized spacial score (nSPS) is 15.5. The van der Waals surface area contributed by atoms with Gasteiger partial charge in [0.1, 0.15) is 30.9 Å². The molecule has 30 heavy (non-hydrogen) atoms. The fraction of sp³-hybridized carbons (Fsp3) is 0.381. The van der Waals surface area contributed by atoms with Crippen molar-refractivity contribution in [2.75, 3.05) is 6.61 Å². The van der Waals surface area contributed by atoms with Crippen LogP contribution in [0.4, 0.5) is 0 Å². The molecule has 0 aromatic carbocycles. The maximum Gasteiger partial charge on any atom is 0.177 e. The van der Waals surface area contributed by atoms with Crippen molar-refractivity contribution in [3.63, 3.8) is 0 Å². The van der Waals surface area contributed by atoms with Crippen molar-refractivity contribution in [3.05, 3.63) is 65.4 Å². The summed E-state index contributed by atoms with van der Waals surface area (Å²) >= 11 is 0. The molecule has 0 bridgehead atoms. The Morgan fingerprint density at radius 3 is 2.97 bits per heavy atom. The van der Waals surface area contributed by atoms with Gasteiger partial charge in [0.05, 0.1) is 17.9 Å². The molecular weight excluding hydrogens is 380 g/mol. The Balaban J connectivity index is 1.64. The number of aryl methyl sites for hydroxylation is 1. The minimum Gasteiger partial charge on any atom is -0.374 e. The molecule has 0 amide bonds. The van der Waals surface area contributed by atoms with E-state index in [0.717, 1.165) is 35.4 Å². The molecule has 3 aromatic heterocycles. The van der Waals surface area contributed by atoms with Crippen LogP contribution in [-0.4, -0.2) is 36.1 Å². The van der Waals surface area contributed by atoms with Crippen LogP contribution < -0.4 is 5.32 Å². The summed E-state index contributed by atoms with van der Waals surface area (Å²) in [4.78, 5) is 15.9. The molecule has 9 heteroatoms. The highest BCUT2D eigenvalue weighted by atomic mass is 16.5. The van der Waals surface area contributed by atoms with E-state index in [1.807, 2.05) is 31.5 Å². The van der Waals surface area contributed by atoms with Crippen LogP contribution in [0.1, 0.15) is 54.9 Å². The molecule has 0 spiro atoms. The molecule has 1 atom stereocenters. The molecule has 0 saturated carbocycles. The van der Waals surface area contributed by atoms with Crippen molar-refractivity contribution in [2.24, 2.45) is 0 Å². The van der Waals surface area contributed by atoms with E-state index in [1.165, 1.54) is 0 Å². The summed E-state index contributed by atoms with van der Waals surface area (Å²) in [6.07, 6.45) is 7.26. The third kappa shape index (κ3) is 3.95. The third-order valence-electron chi connectivity index (χ3n) is 4.90. The van der Waals surface area contributed by atoms with Crippen molar-refractivity contribution >= 4 is 5.65 Å². The van der Waals surface area contributed by atoms with Gasteiger partial charge in [0.15, 0.2) is 11.5 Å². The van der Waals surface area contributed by atoms with E-state index in [9.17, 15) is 0 Å². The van der Waals surface area contributed by atoms with Crippen LogP contribution in [0.25, 0.3) is 5.65 Å². The van der Waals surface area contributed by atoms with E-state index in [4.69, 9.17) is 15.0 Å². The zero-order valence-electron chi connectivity index (χ0n) is 17.1. The minimum atomic E-state index is -0.155. The molecule has 3 aromatic rings. The molecule has 154 valence electrons. The summed E-state index contributed by atoms with van der Waals surface area (Å²) in [7, 11) is 0. The lowest BCUT2D eigenvalue weighted by Crippen LogP contribution is -2.28. The number of hydrogen-bond donors (Lipinski definition) is 1. The molecule has 0 aliphatic carbocycles. The first kappa shape index (κ1) is 19.8. The maximum absolute atomic E-state index is 9.16. The average molecular weight is 404 g/mol. The summed E-state index contributed by atoms with van der Waals surface area (Å²) in [5.41, 5.74) is 4.06. The molecule has 0 radical (unpaired) electrons. The summed E-state index contributed by atoms with van der Waals surface area (Å²) < 4.78 is 7.19. The summed E-state index contributed by atoms with van der Waals surface area (Å²) in [5, 5.41) is 17.0. The van der Waals surface area contributed by atoms with Crippen LogP contribution in [0.3, 0.4) is 0 Å². The third-order valence-corrected chi connectivity index (χ3v) is 4.90. The van der Waals surface area contributed by atoms with Crippen molar-refractivity contribution in [1.82, 2.24) is 34.8 Å². The zero-order chi connectivity index (χ0) is 20.9. The SMILES string of the molecule is CCCc1c(CN2C=CNC2c2cccc(C#N)n2)ncn2nc(COCC)nc12. The molecule has 1 N–H and O–H groups in total. The van der Waals surface area contributed by atoms with E-state index in [1.54, 1.807) is 16.9 Å². The van der Waals surface area contributed by atoms with Gasteiger partial charge < -0.3 is 15.0 Å². The summed E-state index contributed by atoms with van der Waals surface area (Å²) in [6, 6.07) is 7.57. The van der Waals surface area contributed by atoms with Crippen molar-refractivity contribution < 1.29 is 4.74 Å². The van der Waals surface area contributed by atoms with Gasteiger partial charge in [-0.3, -0.25) is 0 Å². The van der Waals surface area contributed by atoms with E-state index in [-0.39, 0.29) is 6.17 Å². The largest absolute Gasteiger partial charge is 0.374 e. The van der Waals surface area contributed by atoms with Crippen LogP contribution in [0.15, 0.2) is 36.9 Å². The highest BCUT2D eigenvalue weighted by Crippen LogP contribution is 2.25. The van der Waals surface area contributed by atoms with Gasteiger partial charge >= 0.3 is 0 Å². The van der Waals surface area contributed by atoms with Crippen molar-refractivity contribution in [1.29, 1.82) is 5.26 Å². The Labute approximate surface area is 175 Å². The first-order valence-corrected chi connectivity index (χ1v) is 10.1. The molecule has 0 saturated heterocycles. The number of nitrogens with one attached hydrogen (secondary N) is 1. The Kier molecular flexibility index (Phi) is 5.86. The number of hydrogen-bond acceptors (Lipinski definition) is 8. The smallest absolute Gasteiger partial charge is 0.177 e. The van der Waals surface area contributed by atoms with Crippen LogP contribution in [0, 0.1) is 11.3 Å². The van der Waals surface area contributed by atoms with Gasteiger partial charge in [-0.05, 0) is 25.5 Å². The quantitative estimate of drug-likeness (QED) is 0.610. The van der Waals surface area contributed by atoms with Crippen LogP contribution >= 0.6 is 0 Å². The summed E-state index contributed by atoms with van der Waals surface area (Å²) in [5.74, 6) is 0.659. The molecule has 0 fully saturated rings. The van der Waals surface area contributed by atoms with E-state index in [2.05, 4.69) is 38.3 Å². The van der Waals surface area contributed by atoms with Gasteiger partial charge in [-0.1, -0.05) is 19.4 Å². The molecule has 1 unspecified atom stereocenters. The highest BCUT2D eigenvalue weighted by Gasteiger charge is 2.24. The van der Waals surface area contributed by atoms with E-state index >= 15 is 0 Å². The summed E-state index contributed by atoms with van der Waals surface area (Å²) in [6.45, 7) is 5.69. The van der Waals surface area contributed by atoms with Gasteiger partial charge in [0, 0.05) is 24.6 Å². The molecule has 9 nitrogen and oxygen atoms in total. The predicted molar refractivity (Wildman–Crippen MR) is 110 cm³/mol. The van der Waals surface area contributed by atoms with Crippen molar-refractivity contribution in [3.8, 4) is 6.07 Å².